The Balaban J connectivity index is 4.26. The maximum absolute atomic E-state index is 12.9. The van der Waals surface area contributed by atoms with E-state index in [1.807, 2.05) is 12.2 Å². The zero-order valence-corrected chi connectivity index (χ0v) is 51.9. The zero-order chi connectivity index (χ0) is 56.4. The fourth-order valence-electron chi connectivity index (χ4n) is 9.93. The first kappa shape index (κ1) is 74.8. The topological polar surface area (TPSA) is 78.9 Å². The van der Waals surface area contributed by atoms with Crippen LogP contribution in [0.4, 0.5) is 0 Å². The molecule has 0 amide bonds. The van der Waals surface area contributed by atoms with Gasteiger partial charge in [-0.3, -0.25) is 14.4 Å². The molecule has 0 aromatic carbocycles. The molecular formula is C72H128O6. The molecule has 0 spiro atoms. The number of allylic oxidation sites excluding steroid dienone is 11. The Kier molecular flexibility index (Phi) is 63.7. The van der Waals surface area contributed by atoms with E-state index in [4.69, 9.17) is 14.2 Å². The third-order valence-electron chi connectivity index (χ3n) is 15.0. The molecule has 0 aromatic rings. The second kappa shape index (κ2) is 66.4. The third-order valence-corrected chi connectivity index (χ3v) is 15.0. The lowest BCUT2D eigenvalue weighted by molar-refractivity contribution is -0.166. The van der Waals surface area contributed by atoms with Crippen molar-refractivity contribution < 1.29 is 28.6 Å². The fraction of sp³-hybridized carbons (Fsp3) is 0.792. The molecule has 0 aliphatic heterocycles. The average Bonchev–Trinajstić information content (AvgIpc) is 3.44. The van der Waals surface area contributed by atoms with Gasteiger partial charge in [-0.05, 0) is 70.6 Å². The molecule has 0 fully saturated rings. The highest BCUT2D eigenvalue weighted by atomic mass is 16.6. The van der Waals surface area contributed by atoms with Crippen LogP contribution in [0, 0.1) is 0 Å². The van der Waals surface area contributed by atoms with Gasteiger partial charge in [-0.1, -0.05) is 331 Å². The lowest BCUT2D eigenvalue weighted by atomic mass is 10.0. The van der Waals surface area contributed by atoms with E-state index in [2.05, 4.69) is 81.5 Å². The summed E-state index contributed by atoms with van der Waals surface area (Å²) in [7, 11) is 0. The van der Waals surface area contributed by atoms with E-state index in [9.17, 15) is 14.4 Å². The molecule has 452 valence electrons. The molecule has 0 saturated carbocycles. The Morgan fingerprint density at radius 2 is 0.551 bits per heavy atom. The summed E-state index contributed by atoms with van der Waals surface area (Å²) in [6.07, 6.45) is 86.8. The van der Waals surface area contributed by atoms with Crippen LogP contribution in [-0.4, -0.2) is 37.2 Å². The Labute approximate surface area is 484 Å². The minimum atomic E-state index is -0.813. The molecule has 0 aliphatic carbocycles. The number of hydrogen-bond acceptors (Lipinski definition) is 6. The Bertz CT molecular complexity index is 1440. The van der Waals surface area contributed by atoms with Crippen molar-refractivity contribution >= 4 is 17.9 Å². The van der Waals surface area contributed by atoms with Crippen molar-refractivity contribution in [1.82, 2.24) is 0 Å². The molecule has 0 aliphatic rings. The van der Waals surface area contributed by atoms with Crippen LogP contribution in [0.25, 0.3) is 0 Å². The van der Waals surface area contributed by atoms with Crippen molar-refractivity contribution in [2.45, 2.75) is 354 Å². The van der Waals surface area contributed by atoms with E-state index in [0.29, 0.717) is 12.8 Å². The number of carbonyl (C=O) groups excluding carboxylic acids is 3. The van der Waals surface area contributed by atoms with Crippen LogP contribution in [-0.2, 0) is 28.6 Å². The molecule has 1 unspecified atom stereocenters. The lowest BCUT2D eigenvalue weighted by Gasteiger charge is -2.18. The van der Waals surface area contributed by atoms with E-state index in [-0.39, 0.29) is 31.6 Å². The molecule has 6 nitrogen and oxygen atoms in total. The van der Waals surface area contributed by atoms with Gasteiger partial charge < -0.3 is 14.2 Å². The summed E-state index contributed by atoms with van der Waals surface area (Å²) < 4.78 is 16.8. The van der Waals surface area contributed by atoms with E-state index in [1.165, 1.54) is 238 Å². The van der Waals surface area contributed by atoms with Gasteiger partial charge in [0.25, 0.3) is 0 Å². The van der Waals surface area contributed by atoms with Crippen LogP contribution in [0.5, 0.6) is 0 Å². The van der Waals surface area contributed by atoms with Gasteiger partial charge >= 0.3 is 17.9 Å². The quantitative estimate of drug-likeness (QED) is 0.0261. The number of carbonyl (C=O) groups is 3. The van der Waals surface area contributed by atoms with Crippen molar-refractivity contribution in [3.63, 3.8) is 0 Å². The summed E-state index contributed by atoms with van der Waals surface area (Å²) in [5, 5.41) is 0. The molecule has 0 radical (unpaired) electrons. The predicted molar refractivity (Wildman–Crippen MR) is 339 cm³/mol. The second-order valence-electron chi connectivity index (χ2n) is 22.7. The summed E-state index contributed by atoms with van der Waals surface area (Å²) in [5.41, 5.74) is 0. The van der Waals surface area contributed by atoms with Crippen LogP contribution in [0.3, 0.4) is 0 Å². The fourth-order valence-corrected chi connectivity index (χ4v) is 9.93. The Morgan fingerprint density at radius 3 is 0.885 bits per heavy atom. The largest absolute Gasteiger partial charge is 0.462 e. The molecular weight excluding hydrogens is 961 g/mol. The number of hydrogen-bond donors (Lipinski definition) is 0. The van der Waals surface area contributed by atoms with Gasteiger partial charge in [-0.25, -0.2) is 0 Å². The van der Waals surface area contributed by atoms with Gasteiger partial charge in [0.05, 0.1) is 6.42 Å². The highest BCUT2D eigenvalue weighted by Gasteiger charge is 2.19. The van der Waals surface area contributed by atoms with Gasteiger partial charge in [0, 0.05) is 12.8 Å². The first-order valence-corrected chi connectivity index (χ1v) is 33.9. The monoisotopic (exact) mass is 1090 g/mol. The van der Waals surface area contributed by atoms with Crippen LogP contribution in [0.2, 0.25) is 0 Å². The minimum absolute atomic E-state index is 0.101. The molecule has 0 aromatic heterocycles. The molecule has 0 rings (SSSR count). The van der Waals surface area contributed by atoms with E-state index < -0.39 is 12.1 Å². The normalized spacial score (nSPS) is 12.5. The number of ether oxygens (including phenoxy) is 3. The van der Waals surface area contributed by atoms with E-state index >= 15 is 0 Å². The predicted octanol–water partition coefficient (Wildman–Crippen LogP) is 23.3. The SMILES string of the molecule is CC/C=C\C/C=C\C/C=C\C/C=C\C/C=C\CC(=O)OCC(COC(=O)CCCCCCCCCCCCCCCCCCC/C=C\CCCCCCCCCC)OC(=O)CCCCCCCCCCCCCCCCCC. The maximum Gasteiger partial charge on any atom is 0.309 e. The number of unbranched alkanes of at least 4 members (excludes halogenated alkanes) is 40. The van der Waals surface area contributed by atoms with Gasteiger partial charge in [0.1, 0.15) is 13.2 Å². The highest BCUT2D eigenvalue weighted by molar-refractivity contribution is 5.72. The summed E-state index contributed by atoms with van der Waals surface area (Å²) in [6, 6.07) is 0. The standard InChI is InChI=1S/C72H128O6/c1-4-7-10-13-16-19-22-25-28-30-31-32-33-34-35-36-37-38-39-40-41-42-45-47-50-53-56-59-62-65-71(74)77-68-69(67-76-70(73)64-61-58-55-52-49-46-43-27-24-21-18-15-12-9-6-3)78-72(75)66-63-60-57-54-51-48-44-29-26-23-20-17-14-11-8-5-2/h9,12,18,21,27,30-31,43,49,52,58,61,69H,4-8,10-11,13-17,19-20,22-26,28-29,32-42,44-48,50-51,53-57,59-60,62-68H2,1-3H3/b12-9-,21-18-,31-30-,43-27-,52-49-,61-58-. The van der Waals surface area contributed by atoms with Crippen LogP contribution < -0.4 is 0 Å². The van der Waals surface area contributed by atoms with Gasteiger partial charge in [0.15, 0.2) is 6.10 Å². The molecule has 0 heterocycles. The van der Waals surface area contributed by atoms with Gasteiger partial charge in [-0.15, -0.1) is 0 Å². The molecule has 0 bridgehead atoms. The van der Waals surface area contributed by atoms with Crippen molar-refractivity contribution in [1.29, 1.82) is 0 Å². The summed E-state index contributed by atoms with van der Waals surface area (Å²) in [6.45, 7) is 6.49. The molecule has 6 heteroatoms. The average molecular weight is 1090 g/mol. The first-order valence-electron chi connectivity index (χ1n) is 33.9. The molecule has 0 N–H and O–H groups in total. The number of rotatable bonds is 62. The summed E-state index contributed by atoms with van der Waals surface area (Å²) >= 11 is 0. The first-order chi connectivity index (χ1) is 38.5. The van der Waals surface area contributed by atoms with Crippen LogP contribution >= 0.6 is 0 Å². The Morgan fingerprint density at radius 1 is 0.282 bits per heavy atom. The zero-order valence-electron chi connectivity index (χ0n) is 51.9. The molecule has 78 heavy (non-hydrogen) atoms. The lowest BCUT2D eigenvalue weighted by Crippen LogP contribution is -2.30. The summed E-state index contributed by atoms with van der Waals surface area (Å²) in [4.78, 5) is 38.3. The van der Waals surface area contributed by atoms with Crippen molar-refractivity contribution in [2.75, 3.05) is 13.2 Å². The van der Waals surface area contributed by atoms with Crippen LogP contribution in [0.1, 0.15) is 348 Å². The molecule has 1 atom stereocenters. The van der Waals surface area contributed by atoms with Crippen molar-refractivity contribution in [3.05, 3.63) is 72.9 Å². The maximum atomic E-state index is 12.9. The minimum Gasteiger partial charge on any atom is -0.462 e. The van der Waals surface area contributed by atoms with E-state index in [1.54, 1.807) is 0 Å². The van der Waals surface area contributed by atoms with Gasteiger partial charge in [-0.2, -0.15) is 0 Å². The van der Waals surface area contributed by atoms with Crippen molar-refractivity contribution in [3.8, 4) is 0 Å². The molecule has 0 saturated heterocycles. The smallest absolute Gasteiger partial charge is 0.309 e. The third kappa shape index (κ3) is 63.7. The summed E-state index contributed by atoms with van der Waals surface area (Å²) in [5.74, 6) is -1.02. The van der Waals surface area contributed by atoms with Crippen molar-refractivity contribution in [2.24, 2.45) is 0 Å². The van der Waals surface area contributed by atoms with Crippen LogP contribution in [0.15, 0.2) is 72.9 Å². The highest BCUT2D eigenvalue weighted by Crippen LogP contribution is 2.18. The van der Waals surface area contributed by atoms with Gasteiger partial charge in [0.2, 0.25) is 0 Å². The van der Waals surface area contributed by atoms with E-state index in [0.717, 1.165) is 70.6 Å². The second-order valence-corrected chi connectivity index (χ2v) is 22.7. The number of esters is 3. The Hall–Kier alpha value is -3.15.